The summed E-state index contributed by atoms with van der Waals surface area (Å²) in [5.41, 5.74) is 1.75. The zero-order valence-electron chi connectivity index (χ0n) is 13.9. The van der Waals surface area contributed by atoms with Gasteiger partial charge >= 0.3 is 5.97 Å². The van der Waals surface area contributed by atoms with E-state index >= 15 is 0 Å². The molecule has 2 rings (SSSR count). The highest BCUT2D eigenvalue weighted by Gasteiger charge is 2.19. The van der Waals surface area contributed by atoms with E-state index in [4.69, 9.17) is 14.3 Å². The van der Waals surface area contributed by atoms with Crippen LogP contribution in [0.25, 0.3) is 0 Å². The van der Waals surface area contributed by atoms with E-state index in [1.54, 1.807) is 30.3 Å². The van der Waals surface area contributed by atoms with Crippen LogP contribution in [0, 0.1) is 0 Å². The van der Waals surface area contributed by atoms with E-state index in [1.165, 1.54) is 6.26 Å². The number of furan rings is 1. The van der Waals surface area contributed by atoms with Gasteiger partial charge in [-0.25, -0.2) is 4.79 Å². The fraction of sp³-hybridized carbons (Fsp3) is 0.333. The average Bonchev–Trinajstić information content (AvgIpc) is 3.03. The average molecular weight is 331 g/mol. The van der Waals surface area contributed by atoms with Gasteiger partial charge in [-0.15, -0.1) is 0 Å². The predicted molar refractivity (Wildman–Crippen MR) is 88.3 cm³/mol. The monoisotopic (exact) mass is 331 g/mol. The molecule has 0 aliphatic heterocycles. The van der Waals surface area contributed by atoms with Crippen molar-refractivity contribution in [2.75, 3.05) is 6.61 Å². The number of rotatable bonds is 7. The SMILES string of the molecule is CC(C)c1ccoc1C(=O)NC(C)c1ccc(OCC(=O)O)cc1. The number of hydrogen-bond donors (Lipinski definition) is 2. The molecule has 2 N–H and O–H groups in total. The zero-order valence-corrected chi connectivity index (χ0v) is 13.9. The van der Waals surface area contributed by atoms with Gasteiger partial charge in [0, 0.05) is 5.56 Å². The summed E-state index contributed by atoms with van der Waals surface area (Å²) in [6.45, 7) is 5.48. The lowest BCUT2D eigenvalue weighted by molar-refractivity contribution is -0.139. The molecule has 0 aliphatic rings. The summed E-state index contributed by atoms with van der Waals surface area (Å²) >= 11 is 0. The first-order chi connectivity index (χ1) is 11.4. The highest BCUT2D eigenvalue weighted by atomic mass is 16.5. The lowest BCUT2D eigenvalue weighted by atomic mass is 10.0. The molecule has 1 atom stereocenters. The first-order valence-corrected chi connectivity index (χ1v) is 7.71. The second kappa shape index (κ2) is 7.68. The topological polar surface area (TPSA) is 88.8 Å². The van der Waals surface area contributed by atoms with Crippen LogP contribution in [-0.2, 0) is 4.79 Å². The maximum Gasteiger partial charge on any atom is 0.341 e. The molecular weight excluding hydrogens is 310 g/mol. The van der Waals surface area contributed by atoms with Crippen molar-refractivity contribution in [2.24, 2.45) is 0 Å². The van der Waals surface area contributed by atoms with E-state index in [9.17, 15) is 9.59 Å². The van der Waals surface area contributed by atoms with Crippen molar-refractivity contribution in [3.63, 3.8) is 0 Å². The number of benzene rings is 1. The van der Waals surface area contributed by atoms with Crippen molar-refractivity contribution >= 4 is 11.9 Å². The second-order valence-electron chi connectivity index (χ2n) is 5.81. The highest BCUT2D eigenvalue weighted by molar-refractivity contribution is 5.93. The largest absolute Gasteiger partial charge is 0.482 e. The minimum Gasteiger partial charge on any atom is -0.482 e. The molecule has 6 heteroatoms. The standard InChI is InChI=1S/C18H21NO5/c1-11(2)15-8-9-23-17(15)18(22)19-12(3)13-4-6-14(7-5-13)24-10-16(20)21/h4-9,11-12H,10H2,1-3H3,(H,19,22)(H,20,21). The van der Waals surface area contributed by atoms with Gasteiger partial charge in [-0.05, 0) is 36.6 Å². The van der Waals surface area contributed by atoms with Crippen LogP contribution in [0.2, 0.25) is 0 Å². The van der Waals surface area contributed by atoms with Gasteiger partial charge in [0.1, 0.15) is 5.75 Å². The maximum atomic E-state index is 12.4. The number of carboxylic acids is 1. The Bertz CT molecular complexity index is 702. The Labute approximate surface area is 140 Å². The van der Waals surface area contributed by atoms with Crippen LogP contribution in [0.1, 0.15) is 54.4 Å². The number of hydrogen-bond acceptors (Lipinski definition) is 4. The molecule has 0 saturated heterocycles. The number of nitrogens with one attached hydrogen (secondary N) is 1. The van der Waals surface area contributed by atoms with Crippen LogP contribution in [0.5, 0.6) is 5.75 Å². The minimum atomic E-state index is -1.03. The van der Waals surface area contributed by atoms with Gasteiger partial charge in [0.05, 0.1) is 12.3 Å². The Hall–Kier alpha value is -2.76. The van der Waals surface area contributed by atoms with Crippen LogP contribution in [-0.4, -0.2) is 23.6 Å². The second-order valence-corrected chi connectivity index (χ2v) is 5.81. The van der Waals surface area contributed by atoms with E-state index in [0.717, 1.165) is 11.1 Å². The first kappa shape index (κ1) is 17.6. The normalized spacial score (nSPS) is 12.0. The van der Waals surface area contributed by atoms with E-state index in [1.807, 2.05) is 20.8 Å². The smallest absolute Gasteiger partial charge is 0.341 e. The Balaban J connectivity index is 2.01. The summed E-state index contributed by atoms with van der Waals surface area (Å²) < 4.78 is 10.4. The molecule has 6 nitrogen and oxygen atoms in total. The molecule has 2 aromatic rings. The molecule has 0 bridgehead atoms. The van der Waals surface area contributed by atoms with Gasteiger partial charge in [-0.1, -0.05) is 26.0 Å². The first-order valence-electron chi connectivity index (χ1n) is 7.71. The van der Waals surface area contributed by atoms with Gasteiger partial charge < -0.3 is 19.6 Å². The fourth-order valence-electron chi connectivity index (χ4n) is 2.30. The van der Waals surface area contributed by atoms with E-state index < -0.39 is 5.97 Å². The van der Waals surface area contributed by atoms with Gasteiger partial charge in [-0.3, -0.25) is 4.79 Å². The minimum absolute atomic E-state index is 0.200. The van der Waals surface area contributed by atoms with Crippen molar-refractivity contribution in [1.82, 2.24) is 5.32 Å². The number of aliphatic carboxylic acids is 1. The number of carbonyl (C=O) groups excluding carboxylic acids is 1. The summed E-state index contributed by atoms with van der Waals surface area (Å²) in [5, 5.41) is 11.5. The summed E-state index contributed by atoms with van der Waals surface area (Å²) in [4.78, 5) is 22.8. The molecule has 1 unspecified atom stereocenters. The van der Waals surface area contributed by atoms with E-state index in [-0.39, 0.29) is 24.5 Å². The van der Waals surface area contributed by atoms with Gasteiger partial charge in [0.15, 0.2) is 12.4 Å². The van der Waals surface area contributed by atoms with Crippen LogP contribution in [0.4, 0.5) is 0 Å². The van der Waals surface area contributed by atoms with Gasteiger partial charge in [0.2, 0.25) is 0 Å². The molecule has 1 amide bonds. The maximum absolute atomic E-state index is 12.4. The number of amides is 1. The molecule has 1 aromatic heterocycles. The molecule has 0 radical (unpaired) electrons. The Morgan fingerprint density at radius 3 is 2.42 bits per heavy atom. The van der Waals surface area contributed by atoms with Crippen LogP contribution in [0.3, 0.4) is 0 Å². The molecule has 0 saturated carbocycles. The van der Waals surface area contributed by atoms with Crippen LogP contribution in [0.15, 0.2) is 41.0 Å². The fourth-order valence-corrected chi connectivity index (χ4v) is 2.30. The van der Waals surface area contributed by atoms with Gasteiger partial charge in [-0.2, -0.15) is 0 Å². The third-order valence-electron chi connectivity index (χ3n) is 3.61. The van der Waals surface area contributed by atoms with Crippen molar-refractivity contribution in [2.45, 2.75) is 32.7 Å². The molecule has 24 heavy (non-hydrogen) atoms. The summed E-state index contributed by atoms with van der Waals surface area (Å²) in [7, 11) is 0. The lowest BCUT2D eigenvalue weighted by Gasteiger charge is -2.15. The Morgan fingerprint density at radius 2 is 1.83 bits per heavy atom. The van der Waals surface area contributed by atoms with Crippen molar-refractivity contribution < 1.29 is 23.8 Å². The van der Waals surface area contributed by atoms with E-state index in [0.29, 0.717) is 11.5 Å². The number of carboxylic acid groups (broad SMARTS) is 1. The number of carbonyl (C=O) groups is 2. The summed E-state index contributed by atoms with van der Waals surface area (Å²) in [6.07, 6.45) is 1.52. The summed E-state index contributed by atoms with van der Waals surface area (Å²) in [5.74, 6) is -0.293. The van der Waals surface area contributed by atoms with E-state index in [2.05, 4.69) is 5.32 Å². The third kappa shape index (κ3) is 4.38. The summed E-state index contributed by atoms with van der Waals surface area (Å²) in [6, 6.07) is 8.50. The molecule has 1 heterocycles. The lowest BCUT2D eigenvalue weighted by Crippen LogP contribution is -2.27. The highest BCUT2D eigenvalue weighted by Crippen LogP contribution is 2.22. The molecule has 0 aliphatic carbocycles. The molecule has 1 aromatic carbocycles. The van der Waals surface area contributed by atoms with Crippen molar-refractivity contribution in [1.29, 1.82) is 0 Å². The molecular formula is C18H21NO5. The van der Waals surface area contributed by atoms with Crippen LogP contribution < -0.4 is 10.1 Å². The molecule has 0 fully saturated rings. The van der Waals surface area contributed by atoms with Crippen molar-refractivity contribution in [3.05, 3.63) is 53.5 Å². The molecule has 128 valence electrons. The predicted octanol–water partition coefficient (Wildman–Crippen LogP) is 3.36. The zero-order chi connectivity index (χ0) is 17.7. The number of ether oxygens (including phenoxy) is 1. The van der Waals surface area contributed by atoms with Gasteiger partial charge in [0.25, 0.3) is 5.91 Å². The van der Waals surface area contributed by atoms with Crippen LogP contribution >= 0.6 is 0 Å². The Kier molecular flexibility index (Phi) is 5.63. The Morgan fingerprint density at radius 1 is 1.17 bits per heavy atom. The molecule has 0 spiro atoms. The van der Waals surface area contributed by atoms with Crippen molar-refractivity contribution in [3.8, 4) is 5.75 Å². The quantitative estimate of drug-likeness (QED) is 0.812. The third-order valence-corrected chi connectivity index (χ3v) is 3.61.